The van der Waals surface area contributed by atoms with E-state index in [2.05, 4.69) is 15.3 Å². The minimum atomic E-state index is -0.317. The predicted octanol–water partition coefficient (Wildman–Crippen LogP) is 2.78. The smallest absolute Gasteiger partial charge is 0.253 e. The summed E-state index contributed by atoms with van der Waals surface area (Å²) >= 11 is 0. The Bertz CT molecular complexity index is 966. The largest absolute Gasteiger partial charge is 0.378 e. The highest BCUT2D eigenvalue weighted by Gasteiger charge is 2.18. The molecule has 4 rings (SSSR count). The first-order chi connectivity index (χ1) is 13.7. The van der Waals surface area contributed by atoms with Crippen LogP contribution in [-0.4, -0.2) is 42.0 Å². The maximum atomic E-state index is 13.4. The first-order valence-corrected chi connectivity index (χ1v) is 9.20. The summed E-state index contributed by atoms with van der Waals surface area (Å²) in [5.74, 6) is -0.455. The van der Waals surface area contributed by atoms with Gasteiger partial charge in [-0.05, 0) is 30.3 Å². The Morgan fingerprint density at radius 3 is 2.79 bits per heavy atom. The monoisotopic (exact) mass is 380 g/mol. The molecule has 2 heterocycles. The highest BCUT2D eigenvalue weighted by molar-refractivity contribution is 5.99. The van der Waals surface area contributed by atoms with Crippen molar-refractivity contribution in [2.24, 2.45) is 0 Å². The lowest BCUT2D eigenvalue weighted by Crippen LogP contribution is -2.37. The molecule has 1 aliphatic heterocycles. The summed E-state index contributed by atoms with van der Waals surface area (Å²) in [6.07, 6.45) is 3.45. The Morgan fingerprint density at radius 2 is 1.96 bits per heavy atom. The van der Waals surface area contributed by atoms with Crippen LogP contribution in [0.2, 0.25) is 0 Å². The van der Waals surface area contributed by atoms with Crippen LogP contribution in [0, 0.1) is 5.82 Å². The fourth-order valence-electron chi connectivity index (χ4n) is 3.23. The topological polar surface area (TPSA) is 59.4 Å². The van der Waals surface area contributed by atoms with Crippen molar-refractivity contribution in [2.75, 3.05) is 31.2 Å². The quantitative estimate of drug-likeness (QED) is 0.740. The minimum Gasteiger partial charge on any atom is -0.378 e. The zero-order chi connectivity index (χ0) is 19.3. The van der Waals surface area contributed by atoms with Crippen LogP contribution >= 0.6 is 0 Å². The van der Waals surface area contributed by atoms with Gasteiger partial charge in [0.15, 0.2) is 0 Å². The zero-order valence-electron chi connectivity index (χ0n) is 15.3. The fraction of sp³-hybridized carbons (Fsp3) is 0.238. The molecule has 28 heavy (non-hydrogen) atoms. The van der Waals surface area contributed by atoms with E-state index < -0.39 is 0 Å². The van der Waals surface area contributed by atoms with E-state index in [0.29, 0.717) is 31.0 Å². The van der Waals surface area contributed by atoms with Gasteiger partial charge in [-0.1, -0.05) is 18.2 Å². The molecule has 7 heteroatoms. The maximum Gasteiger partial charge on any atom is 0.253 e. The molecule has 1 saturated heterocycles. The average molecular weight is 380 g/mol. The van der Waals surface area contributed by atoms with Gasteiger partial charge >= 0.3 is 0 Å². The summed E-state index contributed by atoms with van der Waals surface area (Å²) in [6, 6.07) is 13.8. The van der Waals surface area contributed by atoms with Gasteiger partial charge in [-0.25, -0.2) is 9.07 Å². The van der Waals surface area contributed by atoms with Crippen molar-refractivity contribution in [1.29, 1.82) is 0 Å². The van der Waals surface area contributed by atoms with E-state index in [1.807, 2.05) is 24.3 Å². The summed E-state index contributed by atoms with van der Waals surface area (Å²) in [5.41, 5.74) is 3.03. The lowest BCUT2D eigenvalue weighted by Gasteiger charge is -2.30. The number of amides is 1. The lowest BCUT2D eigenvalue weighted by atomic mass is 10.1. The normalized spacial score (nSPS) is 14.1. The highest BCUT2D eigenvalue weighted by Crippen LogP contribution is 2.21. The summed E-state index contributed by atoms with van der Waals surface area (Å²) in [5, 5.41) is 7.19. The molecule has 6 nitrogen and oxygen atoms in total. The van der Waals surface area contributed by atoms with Crippen molar-refractivity contribution < 1.29 is 13.9 Å². The van der Waals surface area contributed by atoms with E-state index in [-0.39, 0.29) is 11.7 Å². The Hall–Kier alpha value is -3.19. The van der Waals surface area contributed by atoms with Crippen molar-refractivity contribution in [3.8, 4) is 5.69 Å². The van der Waals surface area contributed by atoms with Gasteiger partial charge in [0.2, 0.25) is 0 Å². The molecule has 0 saturated carbocycles. The van der Waals surface area contributed by atoms with E-state index in [9.17, 15) is 9.18 Å². The summed E-state index contributed by atoms with van der Waals surface area (Å²) < 4.78 is 20.4. The summed E-state index contributed by atoms with van der Waals surface area (Å²) in [4.78, 5) is 14.9. The van der Waals surface area contributed by atoms with Gasteiger partial charge in [-0.15, -0.1) is 0 Å². The molecule has 2 aromatic carbocycles. The molecule has 0 atom stereocenters. The molecular weight excluding hydrogens is 359 g/mol. The van der Waals surface area contributed by atoms with Crippen LogP contribution in [0.25, 0.3) is 5.69 Å². The molecule has 0 bridgehead atoms. The van der Waals surface area contributed by atoms with Crippen LogP contribution in [0.3, 0.4) is 0 Å². The van der Waals surface area contributed by atoms with Crippen LogP contribution in [0.1, 0.15) is 15.9 Å². The molecule has 1 aliphatic rings. The molecule has 0 radical (unpaired) electrons. The van der Waals surface area contributed by atoms with Gasteiger partial charge in [-0.2, -0.15) is 5.10 Å². The van der Waals surface area contributed by atoms with Crippen LogP contribution in [0.4, 0.5) is 10.1 Å². The number of ether oxygens (including phenoxy) is 1. The second-order valence-electron chi connectivity index (χ2n) is 6.57. The number of benzene rings is 2. The average Bonchev–Trinajstić information content (AvgIpc) is 3.22. The van der Waals surface area contributed by atoms with Crippen LogP contribution in [0.15, 0.2) is 60.9 Å². The molecule has 1 N–H and O–H groups in total. The third-order valence-electron chi connectivity index (χ3n) is 4.66. The number of para-hydroxylation sites is 1. The van der Waals surface area contributed by atoms with E-state index in [0.717, 1.165) is 24.3 Å². The van der Waals surface area contributed by atoms with E-state index in [4.69, 9.17) is 4.74 Å². The predicted molar refractivity (Wildman–Crippen MR) is 104 cm³/mol. The first-order valence-electron chi connectivity index (χ1n) is 9.20. The van der Waals surface area contributed by atoms with Crippen molar-refractivity contribution in [3.63, 3.8) is 0 Å². The number of aromatic nitrogens is 2. The third-order valence-corrected chi connectivity index (χ3v) is 4.66. The standard InChI is InChI=1S/C21H21FN4O2/c22-17-4-3-5-18(12-17)26-15-16(14-24-26)13-23-21(27)19-6-1-2-7-20(19)25-8-10-28-11-9-25/h1-7,12,14-15H,8-11,13H2,(H,23,27). The number of carbonyl (C=O) groups is 1. The van der Waals surface area contributed by atoms with Crippen LogP contribution in [-0.2, 0) is 11.3 Å². The van der Waals surface area contributed by atoms with Gasteiger partial charge in [0, 0.05) is 37.1 Å². The molecule has 144 valence electrons. The minimum absolute atomic E-state index is 0.138. The molecule has 0 aliphatic carbocycles. The number of carbonyl (C=O) groups excluding carboxylic acids is 1. The second kappa shape index (κ2) is 8.22. The summed E-state index contributed by atoms with van der Waals surface area (Å²) in [7, 11) is 0. The number of halogens is 1. The molecular formula is C21H21FN4O2. The molecule has 3 aromatic rings. The molecule has 1 aromatic heterocycles. The number of nitrogens with zero attached hydrogens (tertiary/aromatic N) is 3. The van der Waals surface area contributed by atoms with Crippen molar-refractivity contribution in [1.82, 2.24) is 15.1 Å². The molecule has 0 spiro atoms. The SMILES string of the molecule is O=C(NCc1cnn(-c2cccc(F)c2)c1)c1ccccc1N1CCOCC1. The van der Waals surface area contributed by atoms with Crippen molar-refractivity contribution in [3.05, 3.63) is 77.9 Å². The second-order valence-corrected chi connectivity index (χ2v) is 6.57. The van der Waals surface area contributed by atoms with Crippen molar-refractivity contribution >= 4 is 11.6 Å². The number of hydrogen-bond acceptors (Lipinski definition) is 4. The van der Waals surface area contributed by atoms with Crippen LogP contribution in [0.5, 0.6) is 0 Å². The van der Waals surface area contributed by atoms with Gasteiger partial charge in [0.05, 0.1) is 30.7 Å². The number of rotatable bonds is 5. The fourth-order valence-corrected chi connectivity index (χ4v) is 3.23. The lowest BCUT2D eigenvalue weighted by molar-refractivity contribution is 0.0949. The van der Waals surface area contributed by atoms with E-state index in [1.54, 1.807) is 29.2 Å². The molecule has 1 amide bonds. The number of hydrogen-bond donors (Lipinski definition) is 1. The Kier molecular flexibility index (Phi) is 5.34. The Balaban J connectivity index is 1.44. The van der Waals surface area contributed by atoms with Gasteiger partial charge in [0.1, 0.15) is 5.82 Å². The highest BCUT2D eigenvalue weighted by atomic mass is 19.1. The van der Waals surface area contributed by atoms with Gasteiger partial charge < -0.3 is 15.0 Å². The zero-order valence-corrected chi connectivity index (χ0v) is 15.3. The first kappa shape index (κ1) is 18.2. The summed E-state index contributed by atoms with van der Waals surface area (Å²) in [6.45, 7) is 3.20. The Labute approximate surface area is 162 Å². The van der Waals surface area contributed by atoms with Gasteiger partial charge in [0.25, 0.3) is 5.91 Å². The number of morpholine rings is 1. The maximum absolute atomic E-state index is 13.4. The molecule has 1 fully saturated rings. The number of anilines is 1. The van der Waals surface area contributed by atoms with Crippen LogP contribution < -0.4 is 10.2 Å². The van der Waals surface area contributed by atoms with Crippen molar-refractivity contribution in [2.45, 2.75) is 6.54 Å². The van der Waals surface area contributed by atoms with E-state index in [1.165, 1.54) is 12.1 Å². The molecule has 0 unspecified atom stereocenters. The Morgan fingerprint density at radius 1 is 1.14 bits per heavy atom. The van der Waals surface area contributed by atoms with Gasteiger partial charge in [-0.3, -0.25) is 4.79 Å². The number of nitrogens with one attached hydrogen (secondary N) is 1. The van der Waals surface area contributed by atoms with E-state index >= 15 is 0 Å². The third kappa shape index (κ3) is 4.04.